The zero-order valence-electron chi connectivity index (χ0n) is 4.19. The normalized spacial score (nSPS) is 18.4. The lowest BCUT2D eigenvalue weighted by molar-refractivity contribution is 2.04. The molecule has 0 atom stereocenters. The van der Waals surface area contributed by atoms with E-state index in [1.165, 1.54) is 0 Å². The second kappa shape index (κ2) is 2.34. The zero-order valence-corrected chi connectivity index (χ0v) is 6.34. The fourth-order valence-electron chi connectivity index (χ4n) is 0.379. The van der Waals surface area contributed by atoms with Gasteiger partial charge in [-0.2, -0.15) is 0 Å². The van der Waals surface area contributed by atoms with Gasteiger partial charge in [0, 0.05) is 0 Å². The molecule has 0 aromatic rings. The first-order valence-electron chi connectivity index (χ1n) is 2.07. The molecule has 0 spiro atoms. The number of halogens is 1. The van der Waals surface area contributed by atoms with Gasteiger partial charge in [0.1, 0.15) is 0 Å². The van der Waals surface area contributed by atoms with Gasteiger partial charge in [-0.15, -0.1) is 19.1 Å². The van der Waals surface area contributed by atoms with E-state index in [-0.39, 0.29) is 0 Å². The van der Waals surface area contributed by atoms with Gasteiger partial charge in [0.2, 0.25) is 0 Å². The van der Waals surface area contributed by atoms with Crippen LogP contribution in [0.3, 0.4) is 0 Å². The maximum atomic E-state index is 3.27. The minimum Gasteiger partial charge on any atom is -0.106 e. The summed E-state index contributed by atoms with van der Waals surface area (Å²) in [5.41, 5.74) is 0. The Morgan fingerprint density at radius 1 is 1.43 bits per heavy atom. The van der Waals surface area contributed by atoms with Crippen molar-refractivity contribution in [2.45, 2.75) is 0 Å². The number of hydrogen-bond donors (Lipinski definition) is 0. The van der Waals surface area contributed by atoms with Crippen molar-refractivity contribution in [3.63, 3.8) is 0 Å². The van der Waals surface area contributed by atoms with Gasteiger partial charge in [0.15, 0.2) is 0 Å². The molecule has 0 aromatic carbocycles. The van der Waals surface area contributed by atoms with Crippen LogP contribution in [-0.2, 0) is 0 Å². The van der Waals surface area contributed by atoms with Crippen LogP contribution in [0.2, 0.25) is 0 Å². The molecule has 0 N–H and O–H groups in total. The van der Waals surface area contributed by atoms with Crippen molar-refractivity contribution in [3.8, 4) is 3.81 Å². The summed E-state index contributed by atoms with van der Waals surface area (Å²) in [6.07, 6.45) is 6.16. The highest BCUT2D eigenvalue weighted by atomic mass is 127. The third-order valence-electron chi connectivity index (χ3n) is 0.704. The molecule has 0 saturated heterocycles. The maximum absolute atomic E-state index is 3.27. The number of allylic oxidation sites excluding steroid dienone is 3. The molecule has 1 aliphatic heterocycles. The van der Waals surface area contributed by atoms with Crippen LogP contribution in [-0.4, -0.2) is 4.93 Å². The Balaban J connectivity index is 2.96. The van der Waals surface area contributed by atoms with Gasteiger partial charge < -0.3 is 0 Å². The van der Waals surface area contributed by atoms with Gasteiger partial charge in [-0.25, -0.2) is 0 Å². The molecule has 0 nitrogen and oxygen atoms in total. The van der Waals surface area contributed by atoms with E-state index in [1.807, 2.05) is 12.2 Å². The molecule has 1 heterocycles. The van der Waals surface area contributed by atoms with Crippen molar-refractivity contribution in [1.29, 1.82) is 0 Å². The highest BCUT2D eigenvalue weighted by Crippen LogP contribution is 2.17. The van der Waals surface area contributed by atoms with Gasteiger partial charge in [-0.1, -0.05) is 16.0 Å². The average Bonchev–Trinajstić information content (AvgIpc) is 1.69. The summed E-state index contributed by atoms with van der Waals surface area (Å²) >= 11 is -0.757. The van der Waals surface area contributed by atoms with Crippen molar-refractivity contribution < 1.29 is 0 Å². The molecular formula is C6H7I. The van der Waals surface area contributed by atoms with Crippen molar-refractivity contribution in [2.75, 3.05) is 4.93 Å². The van der Waals surface area contributed by atoms with Crippen LogP contribution in [0, 0.1) is 3.81 Å². The van der Waals surface area contributed by atoms with Crippen LogP contribution in [0.4, 0.5) is 0 Å². The summed E-state index contributed by atoms with van der Waals surface area (Å²) in [5, 5.41) is 0. The first-order chi connectivity index (χ1) is 3.39. The standard InChI is InChI=1S/C6H7I/c1-7-5-3-2-4-6-7/h2-5H,1H3. The molecule has 0 fully saturated rings. The molecule has 0 unspecified atom stereocenters. The molecule has 1 heteroatoms. The summed E-state index contributed by atoms with van der Waals surface area (Å²) in [6.45, 7) is 0. The van der Waals surface area contributed by atoms with E-state index in [9.17, 15) is 0 Å². The van der Waals surface area contributed by atoms with Crippen LogP contribution in [0.5, 0.6) is 0 Å². The van der Waals surface area contributed by atoms with Crippen molar-refractivity contribution >= 4 is 19.1 Å². The first-order valence-corrected chi connectivity index (χ1v) is 6.56. The summed E-state index contributed by atoms with van der Waals surface area (Å²) in [5.74, 6) is 0. The summed E-state index contributed by atoms with van der Waals surface area (Å²) in [6, 6.07) is 0. The van der Waals surface area contributed by atoms with E-state index in [0.717, 1.165) is 0 Å². The minimum absolute atomic E-state index is 0.757. The Morgan fingerprint density at radius 2 is 2.29 bits per heavy atom. The third-order valence-corrected chi connectivity index (χ3v) is 3.54. The smallest absolute Gasteiger partial charge is 0.0145 e. The van der Waals surface area contributed by atoms with E-state index in [4.69, 9.17) is 0 Å². The Kier molecular flexibility index (Phi) is 1.71. The van der Waals surface area contributed by atoms with E-state index in [1.54, 1.807) is 0 Å². The van der Waals surface area contributed by atoms with Gasteiger partial charge in [0.05, 0.1) is 0 Å². The Hall–Kier alpha value is -0.0100. The molecule has 0 amide bonds. The predicted molar refractivity (Wildman–Crippen MR) is 42.1 cm³/mol. The molecule has 38 valence electrons. The molecule has 0 aromatic heterocycles. The van der Waals surface area contributed by atoms with Crippen LogP contribution in [0.25, 0.3) is 0 Å². The van der Waals surface area contributed by atoms with Gasteiger partial charge in [0.25, 0.3) is 0 Å². The second-order valence-electron chi connectivity index (χ2n) is 1.30. The average molecular weight is 206 g/mol. The Labute approximate surface area is 50.4 Å². The van der Waals surface area contributed by atoms with E-state index in [2.05, 4.69) is 18.9 Å². The van der Waals surface area contributed by atoms with Crippen molar-refractivity contribution in [3.05, 3.63) is 22.3 Å². The SMILES string of the molecule is CI1#CC=CC=C1. The number of hydrogen-bond acceptors (Lipinski definition) is 0. The predicted octanol–water partition coefficient (Wildman–Crippen LogP) is 2.17. The van der Waals surface area contributed by atoms with Gasteiger partial charge in [-0.05, 0) is 15.1 Å². The van der Waals surface area contributed by atoms with Crippen molar-refractivity contribution in [1.82, 2.24) is 0 Å². The molecule has 0 aliphatic carbocycles. The van der Waals surface area contributed by atoms with Crippen LogP contribution in [0.15, 0.2) is 22.3 Å². The highest BCUT2D eigenvalue weighted by molar-refractivity contribution is 14.2. The van der Waals surface area contributed by atoms with Crippen LogP contribution >= 0.6 is 19.1 Å². The molecule has 1 aliphatic rings. The number of alkyl halides is 1. The molecule has 0 saturated carbocycles. The van der Waals surface area contributed by atoms with Gasteiger partial charge in [-0.3, -0.25) is 0 Å². The quantitative estimate of drug-likeness (QED) is 0.420. The summed E-state index contributed by atoms with van der Waals surface area (Å²) in [4.78, 5) is 2.27. The lowest BCUT2D eigenvalue weighted by Crippen LogP contribution is -1.54. The lowest BCUT2D eigenvalue weighted by atomic mass is 10.5. The zero-order chi connectivity index (χ0) is 5.11. The van der Waals surface area contributed by atoms with E-state index < -0.39 is 19.1 Å². The second-order valence-corrected chi connectivity index (χ2v) is 5.59. The molecule has 1 rings (SSSR count). The van der Waals surface area contributed by atoms with E-state index >= 15 is 0 Å². The fraction of sp³-hybridized carbons (Fsp3) is 0.167. The lowest BCUT2D eigenvalue weighted by Gasteiger charge is -1.84. The van der Waals surface area contributed by atoms with Crippen LogP contribution < -0.4 is 0 Å². The summed E-state index contributed by atoms with van der Waals surface area (Å²) < 4.78 is 5.54. The first kappa shape index (κ1) is 5.13. The third kappa shape index (κ3) is 1.49. The number of rotatable bonds is 0. The topological polar surface area (TPSA) is 0 Å². The molecule has 0 bridgehead atoms. The molecular weight excluding hydrogens is 199 g/mol. The molecule has 0 radical (unpaired) electrons. The minimum atomic E-state index is -0.757. The summed E-state index contributed by atoms with van der Waals surface area (Å²) in [7, 11) is 0. The largest absolute Gasteiger partial charge is 0.106 e. The monoisotopic (exact) mass is 206 g/mol. The fourth-order valence-corrected chi connectivity index (χ4v) is 2.22. The Morgan fingerprint density at radius 3 is 2.57 bits per heavy atom. The van der Waals surface area contributed by atoms with Gasteiger partial charge >= 0.3 is 0 Å². The highest BCUT2D eigenvalue weighted by Gasteiger charge is 1.73. The maximum Gasteiger partial charge on any atom is -0.0145 e. The van der Waals surface area contributed by atoms with Crippen molar-refractivity contribution in [2.24, 2.45) is 0 Å². The Bertz CT molecular complexity index is 185. The molecule has 7 heavy (non-hydrogen) atoms. The van der Waals surface area contributed by atoms with Crippen LogP contribution in [0.1, 0.15) is 0 Å². The van der Waals surface area contributed by atoms with E-state index in [0.29, 0.717) is 0 Å².